The number of amides is 2. The number of nitrogens with zero attached hydrogens (tertiary/aromatic N) is 1. The summed E-state index contributed by atoms with van der Waals surface area (Å²) in [5.74, 6) is -1.74. The summed E-state index contributed by atoms with van der Waals surface area (Å²) < 4.78 is 0. The number of benzene rings is 2. The van der Waals surface area contributed by atoms with Crippen molar-refractivity contribution in [3.63, 3.8) is 0 Å². The first-order valence-electron chi connectivity index (χ1n) is 7.64. The lowest BCUT2D eigenvalue weighted by atomic mass is 10.0. The van der Waals surface area contributed by atoms with E-state index in [1.807, 2.05) is 60.7 Å². The van der Waals surface area contributed by atoms with Gasteiger partial charge in [0, 0.05) is 0 Å². The minimum absolute atomic E-state index is 0.0429. The maximum atomic E-state index is 12.1. The molecule has 2 unspecified atom stereocenters. The Labute approximate surface area is 140 Å². The number of imide groups is 1. The largest absolute Gasteiger partial charge is 0.320 e. The zero-order valence-corrected chi connectivity index (χ0v) is 13.2. The van der Waals surface area contributed by atoms with Crippen LogP contribution in [0.1, 0.15) is 11.1 Å². The van der Waals surface area contributed by atoms with Gasteiger partial charge in [-0.15, -0.1) is 0 Å². The first-order chi connectivity index (χ1) is 11.5. The molecule has 0 aliphatic heterocycles. The summed E-state index contributed by atoms with van der Waals surface area (Å²) in [6, 6.07) is 16.2. The van der Waals surface area contributed by atoms with Crippen molar-refractivity contribution in [3.8, 4) is 0 Å². The van der Waals surface area contributed by atoms with Crippen LogP contribution in [0.15, 0.2) is 60.7 Å². The van der Waals surface area contributed by atoms with Crippen molar-refractivity contribution >= 4 is 11.8 Å². The van der Waals surface area contributed by atoms with Crippen LogP contribution >= 0.6 is 0 Å². The molecule has 0 heterocycles. The number of hydrogen-bond acceptors (Lipinski definition) is 5. The van der Waals surface area contributed by atoms with E-state index in [0.717, 1.165) is 11.1 Å². The highest BCUT2D eigenvalue weighted by atomic mass is 16.5. The van der Waals surface area contributed by atoms with E-state index in [0.29, 0.717) is 0 Å². The molecule has 2 amide bonds. The molecule has 6 nitrogen and oxygen atoms in total. The quantitative estimate of drug-likeness (QED) is 0.539. The summed E-state index contributed by atoms with van der Waals surface area (Å²) in [5.41, 5.74) is 13.3. The average Bonchev–Trinajstić information content (AvgIpc) is 2.61. The van der Waals surface area contributed by atoms with E-state index >= 15 is 0 Å². The van der Waals surface area contributed by atoms with Crippen molar-refractivity contribution in [2.45, 2.75) is 24.9 Å². The molecule has 0 bridgehead atoms. The third-order valence-electron chi connectivity index (χ3n) is 3.65. The Morgan fingerprint density at radius 3 is 1.46 bits per heavy atom. The summed E-state index contributed by atoms with van der Waals surface area (Å²) in [6.07, 6.45) is 0.440. The molecule has 0 saturated heterocycles. The monoisotopic (exact) mass is 327 g/mol. The minimum Gasteiger partial charge on any atom is -0.320 e. The van der Waals surface area contributed by atoms with Gasteiger partial charge in [-0.1, -0.05) is 60.7 Å². The maximum Gasteiger partial charge on any atom is 0.270 e. The number of carbonyl (C=O) groups excluding carboxylic acids is 2. The fraction of sp³-hybridized carbons (Fsp3) is 0.222. The standard InChI is InChI=1S/C18H21N3O3/c19-15(11-13-7-3-1-4-8-13)17(22)21(24)18(23)16(20)12-14-9-5-2-6-10-14/h1-10,15-16,24H,11-12,19-20H2. The van der Waals surface area contributed by atoms with Crippen LogP contribution in [0.2, 0.25) is 0 Å². The fourth-order valence-electron chi connectivity index (χ4n) is 2.33. The first kappa shape index (κ1) is 17.8. The minimum atomic E-state index is -1.02. The van der Waals surface area contributed by atoms with Crippen molar-refractivity contribution in [1.29, 1.82) is 0 Å². The number of nitrogens with two attached hydrogens (primary N) is 2. The topological polar surface area (TPSA) is 110 Å². The van der Waals surface area contributed by atoms with E-state index in [1.54, 1.807) is 0 Å². The highest BCUT2D eigenvalue weighted by Gasteiger charge is 2.29. The van der Waals surface area contributed by atoms with Gasteiger partial charge in [0.2, 0.25) is 0 Å². The molecule has 2 aromatic carbocycles. The Hall–Kier alpha value is -2.54. The Morgan fingerprint density at radius 1 is 0.792 bits per heavy atom. The highest BCUT2D eigenvalue weighted by Crippen LogP contribution is 2.07. The molecular formula is C18H21N3O3. The van der Waals surface area contributed by atoms with E-state index in [2.05, 4.69) is 0 Å². The maximum absolute atomic E-state index is 12.1. The summed E-state index contributed by atoms with van der Waals surface area (Å²) in [5, 5.41) is 9.90. The molecule has 0 aliphatic rings. The molecule has 6 heteroatoms. The smallest absolute Gasteiger partial charge is 0.270 e. The number of hydrogen-bond donors (Lipinski definition) is 3. The molecular weight excluding hydrogens is 306 g/mol. The number of rotatable bonds is 6. The lowest BCUT2D eigenvalue weighted by molar-refractivity contribution is -0.181. The SMILES string of the molecule is NC(Cc1ccccc1)C(=O)N(O)C(=O)C(N)Cc1ccccc1. The van der Waals surface area contributed by atoms with Crippen molar-refractivity contribution < 1.29 is 14.8 Å². The number of carbonyl (C=O) groups is 2. The highest BCUT2D eigenvalue weighted by molar-refractivity contribution is 5.98. The lowest BCUT2D eigenvalue weighted by Crippen LogP contribution is -2.51. The molecule has 0 aromatic heterocycles. The Bertz CT molecular complexity index is 617. The fourth-order valence-corrected chi connectivity index (χ4v) is 2.33. The summed E-state index contributed by atoms with van der Waals surface area (Å²) in [7, 11) is 0. The normalized spacial score (nSPS) is 13.1. The predicted octanol–water partition coefficient (Wildman–Crippen LogP) is 0.871. The zero-order chi connectivity index (χ0) is 17.5. The molecule has 5 N–H and O–H groups in total. The third kappa shape index (κ3) is 4.73. The van der Waals surface area contributed by atoms with Gasteiger partial charge >= 0.3 is 0 Å². The second kappa shape index (κ2) is 8.35. The first-order valence-corrected chi connectivity index (χ1v) is 7.64. The van der Waals surface area contributed by atoms with Gasteiger partial charge in [0.1, 0.15) is 0 Å². The Balaban J connectivity index is 1.94. The molecule has 2 atom stereocenters. The molecule has 0 aliphatic carbocycles. The summed E-state index contributed by atoms with van der Waals surface area (Å²) in [6.45, 7) is 0. The van der Waals surface area contributed by atoms with E-state index in [4.69, 9.17) is 11.5 Å². The second-order valence-electron chi connectivity index (χ2n) is 5.58. The van der Waals surface area contributed by atoms with Crippen LogP contribution in [0.5, 0.6) is 0 Å². The van der Waals surface area contributed by atoms with Gasteiger partial charge in [0.25, 0.3) is 11.8 Å². The van der Waals surface area contributed by atoms with E-state index in [1.165, 1.54) is 0 Å². The van der Waals surface area contributed by atoms with E-state index < -0.39 is 23.9 Å². The molecule has 0 fully saturated rings. The van der Waals surface area contributed by atoms with Gasteiger partial charge in [-0.3, -0.25) is 14.8 Å². The van der Waals surface area contributed by atoms with Crippen molar-refractivity contribution in [2.75, 3.05) is 0 Å². The van der Waals surface area contributed by atoms with Crippen LogP contribution in [0.3, 0.4) is 0 Å². The van der Waals surface area contributed by atoms with Crippen molar-refractivity contribution in [2.24, 2.45) is 11.5 Å². The predicted molar refractivity (Wildman–Crippen MR) is 89.9 cm³/mol. The van der Waals surface area contributed by atoms with Crippen molar-refractivity contribution in [3.05, 3.63) is 71.8 Å². The zero-order valence-electron chi connectivity index (χ0n) is 13.2. The van der Waals surface area contributed by atoms with E-state index in [-0.39, 0.29) is 17.9 Å². The van der Waals surface area contributed by atoms with Gasteiger partial charge in [-0.2, -0.15) is 5.06 Å². The number of hydroxylamine groups is 2. The van der Waals surface area contributed by atoms with Crippen molar-refractivity contribution in [1.82, 2.24) is 5.06 Å². The van der Waals surface area contributed by atoms with Gasteiger partial charge in [-0.05, 0) is 24.0 Å². The second-order valence-corrected chi connectivity index (χ2v) is 5.58. The van der Waals surface area contributed by atoms with Crippen LogP contribution in [-0.4, -0.2) is 34.2 Å². The summed E-state index contributed by atoms with van der Waals surface area (Å²) >= 11 is 0. The Kier molecular flexibility index (Phi) is 6.20. The van der Waals surface area contributed by atoms with Gasteiger partial charge in [0.15, 0.2) is 0 Å². The molecule has 2 aromatic rings. The molecule has 0 radical (unpaired) electrons. The van der Waals surface area contributed by atoms with Gasteiger partial charge in [0.05, 0.1) is 12.1 Å². The van der Waals surface area contributed by atoms with E-state index in [9.17, 15) is 14.8 Å². The molecule has 0 saturated carbocycles. The third-order valence-corrected chi connectivity index (χ3v) is 3.65. The van der Waals surface area contributed by atoms with Crippen LogP contribution < -0.4 is 11.5 Å². The molecule has 24 heavy (non-hydrogen) atoms. The molecule has 0 spiro atoms. The van der Waals surface area contributed by atoms with Crippen LogP contribution in [0, 0.1) is 0 Å². The van der Waals surface area contributed by atoms with Gasteiger partial charge < -0.3 is 11.5 Å². The average molecular weight is 327 g/mol. The summed E-state index contributed by atoms with van der Waals surface area (Å²) in [4.78, 5) is 24.2. The van der Waals surface area contributed by atoms with Crippen LogP contribution in [-0.2, 0) is 22.4 Å². The van der Waals surface area contributed by atoms with Crippen LogP contribution in [0.4, 0.5) is 0 Å². The van der Waals surface area contributed by atoms with Crippen LogP contribution in [0.25, 0.3) is 0 Å². The lowest BCUT2D eigenvalue weighted by Gasteiger charge is -2.21. The molecule has 2 rings (SSSR count). The Morgan fingerprint density at radius 2 is 1.12 bits per heavy atom. The molecule has 126 valence electrons. The van der Waals surface area contributed by atoms with Gasteiger partial charge in [-0.25, -0.2) is 0 Å².